The SMILES string of the molecule is C=CCn1c(SCC(=O)Nc2ccc(Oc3ccccc3)cc2)nc2sccc2c1=O. The minimum Gasteiger partial charge on any atom is -0.457 e. The number of thioether (sulfide) groups is 1. The minimum atomic E-state index is -0.188. The first-order valence-corrected chi connectivity index (χ1v) is 11.3. The maximum absolute atomic E-state index is 12.7. The Morgan fingerprint density at radius 1 is 1.13 bits per heavy atom. The molecule has 8 heteroatoms. The van der Waals surface area contributed by atoms with Crippen molar-refractivity contribution in [1.29, 1.82) is 0 Å². The molecule has 2 aromatic carbocycles. The number of benzene rings is 2. The van der Waals surface area contributed by atoms with Crippen molar-refractivity contribution in [3.05, 3.63) is 89.1 Å². The van der Waals surface area contributed by atoms with E-state index in [0.29, 0.717) is 33.4 Å². The van der Waals surface area contributed by atoms with Crippen molar-refractivity contribution in [2.75, 3.05) is 11.1 Å². The molecule has 31 heavy (non-hydrogen) atoms. The lowest BCUT2D eigenvalue weighted by Gasteiger charge is -2.10. The van der Waals surface area contributed by atoms with Gasteiger partial charge in [-0.1, -0.05) is 36.0 Å². The van der Waals surface area contributed by atoms with Gasteiger partial charge >= 0.3 is 0 Å². The molecule has 0 bridgehead atoms. The van der Waals surface area contributed by atoms with Crippen LogP contribution in [-0.2, 0) is 11.3 Å². The van der Waals surface area contributed by atoms with E-state index in [2.05, 4.69) is 16.9 Å². The zero-order valence-electron chi connectivity index (χ0n) is 16.5. The number of aromatic nitrogens is 2. The number of allylic oxidation sites excluding steroid dienone is 1. The standard InChI is InChI=1S/C23H19N3O3S2/c1-2-13-26-22(28)19-12-14-30-21(19)25-23(26)31-15-20(27)24-16-8-10-18(11-9-16)29-17-6-4-3-5-7-17/h2-12,14H,1,13,15H2,(H,24,27). The molecule has 0 fully saturated rings. The van der Waals surface area contributed by atoms with Gasteiger partial charge in [0.05, 0.1) is 11.1 Å². The van der Waals surface area contributed by atoms with Gasteiger partial charge in [0.2, 0.25) is 5.91 Å². The van der Waals surface area contributed by atoms with Crippen molar-refractivity contribution in [3.63, 3.8) is 0 Å². The molecule has 1 amide bonds. The molecule has 0 radical (unpaired) electrons. The number of hydrogen-bond donors (Lipinski definition) is 1. The van der Waals surface area contributed by atoms with E-state index in [4.69, 9.17) is 4.74 Å². The Balaban J connectivity index is 1.40. The number of nitrogens with one attached hydrogen (secondary N) is 1. The zero-order valence-corrected chi connectivity index (χ0v) is 18.1. The van der Waals surface area contributed by atoms with Crippen LogP contribution in [0, 0.1) is 0 Å². The van der Waals surface area contributed by atoms with Gasteiger partial charge in [-0.3, -0.25) is 14.2 Å². The summed E-state index contributed by atoms with van der Waals surface area (Å²) in [5, 5.41) is 5.77. The molecule has 2 aromatic heterocycles. The molecule has 0 atom stereocenters. The number of ether oxygens (including phenoxy) is 1. The van der Waals surface area contributed by atoms with Gasteiger partial charge in [0.1, 0.15) is 16.3 Å². The molecule has 2 heterocycles. The van der Waals surface area contributed by atoms with E-state index in [1.165, 1.54) is 27.7 Å². The number of rotatable bonds is 8. The number of nitrogens with zero attached hydrogens (tertiary/aromatic N) is 2. The minimum absolute atomic E-state index is 0.122. The largest absolute Gasteiger partial charge is 0.457 e. The Kier molecular flexibility index (Phi) is 6.49. The average Bonchev–Trinajstić information content (AvgIpc) is 3.26. The summed E-state index contributed by atoms with van der Waals surface area (Å²) in [4.78, 5) is 30.3. The van der Waals surface area contributed by atoms with Crippen LogP contribution in [0.3, 0.4) is 0 Å². The highest BCUT2D eigenvalue weighted by atomic mass is 32.2. The van der Waals surface area contributed by atoms with Gasteiger partial charge in [0, 0.05) is 12.2 Å². The molecule has 4 aromatic rings. The molecule has 0 aliphatic carbocycles. The van der Waals surface area contributed by atoms with Gasteiger partial charge in [0.15, 0.2) is 5.16 Å². The third-order valence-corrected chi connectivity index (χ3v) is 6.09. The lowest BCUT2D eigenvalue weighted by Crippen LogP contribution is -2.23. The highest BCUT2D eigenvalue weighted by Crippen LogP contribution is 2.24. The highest BCUT2D eigenvalue weighted by Gasteiger charge is 2.13. The zero-order chi connectivity index (χ0) is 21.6. The fourth-order valence-electron chi connectivity index (χ4n) is 2.89. The molecular formula is C23H19N3O3S2. The molecule has 0 saturated carbocycles. The summed E-state index contributed by atoms with van der Waals surface area (Å²) in [7, 11) is 0. The molecule has 4 rings (SSSR count). The van der Waals surface area contributed by atoms with Gasteiger partial charge < -0.3 is 10.1 Å². The second-order valence-corrected chi connectivity index (χ2v) is 8.35. The Morgan fingerprint density at radius 2 is 1.87 bits per heavy atom. The third kappa shape index (κ3) is 5.04. The van der Waals surface area contributed by atoms with Crippen LogP contribution >= 0.6 is 23.1 Å². The van der Waals surface area contributed by atoms with E-state index < -0.39 is 0 Å². The topological polar surface area (TPSA) is 73.2 Å². The van der Waals surface area contributed by atoms with Crippen LogP contribution in [-0.4, -0.2) is 21.2 Å². The van der Waals surface area contributed by atoms with Crippen molar-refractivity contribution < 1.29 is 9.53 Å². The van der Waals surface area contributed by atoms with E-state index in [0.717, 1.165) is 5.75 Å². The van der Waals surface area contributed by atoms with E-state index >= 15 is 0 Å². The number of anilines is 1. The van der Waals surface area contributed by atoms with Gasteiger partial charge in [-0.05, 0) is 47.8 Å². The number of fused-ring (bicyclic) bond motifs is 1. The molecule has 1 N–H and O–H groups in total. The van der Waals surface area contributed by atoms with Crippen LogP contribution in [0.1, 0.15) is 0 Å². The summed E-state index contributed by atoms with van der Waals surface area (Å²) in [6.07, 6.45) is 1.64. The maximum Gasteiger partial charge on any atom is 0.263 e. The summed E-state index contributed by atoms with van der Waals surface area (Å²) >= 11 is 2.63. The second kappa shape index (κ2) is 9.63. The maximum atomic E-state index is 12.7. The molecule has 156 valence electrons. The van der Waals surface area contributed by atoms with E-state index in [1.807, 2.05) is 35.7 Å². The quantitative estimate of drug-likeness (QED) is 0.228. The highest BCUT2D eigenvalue weighted by molar-refractivity contribution is 7.99. The van der Waals surface area contributed by atoms with Gasteiger partial charge in [0.25, 0.3) is 5.56 Å². The van der Waals surface area contributed by atoms with Gasteiger partial charge in [-0.15, -0.1) is 17.9 Å². The smallest absolute Gasteiger partial charge is 0.263 e. The Hall–Kier alpha value is -3.36. The van der Waals surface area contributed by atoms with Crippen LogP contribution in [0.25, 0.3) is 10.2 Å². The van der Waals surface area contributed by atoms with Crippen molar-refractivity contribution >= 4 is 44.9 Å². The predicted molar refractivity (Wildman–Crippen MR) is 126 cm³/mol. The Bertz CT molecular complexity index is 1260. The van der Waals surface area contributed by atoms with Crippen molar-refractivity contribution in [3.8, 4) is 11.5 Å². The second-order valence-electron chi connectivity index (χ2n) is 6.51. The van der Waals surface area contributed by atoms with Crippen LogP contribution in [0.5, 0.6) is 11.5 Å². The molecule has 0 saturated heterocycles. The molecule has 0 unspecified atom stereocenters. The molecule has 0 aliphatic heterocycles. The number of hydrogen-bond acceptors (Lipinski definition) is 6. The van der Waals surface area contributed by atoms with Crippen molar-refractivity contribution in [2.45, 2.75) is 11.7 Å². The number of carbonyl (C=O) groups excluding carboxylic acids is 1. The van der Waals surface area contributed by atoms with Gasteiger partial charge in [-0.25, -0.2) is 4.98 Å². The summed E-state index contributed by atoms with van der Waals surface area (Å²) in [5.41, 5.74) is 0.541. The Labute approximate surface area is 187 Å². The van der Waals surface area contributed by atoms with E-state index in [9.17, 15) is 9.59 Å². The van der Waals surface area contributed by atoms with Gasteiger partial charge in [-0.2, -0.15) is 0 Å². The lowest BCUT2D eigenvalue weighted by atomic mass is 10.3. The first-order chi connectivity index (χ1) is 15.1. The lowest BCUT2D eigenvalue weighted by molar-refractivity contribution is -0.113. The third-order valence-electron chi connectivity index (χ3n) is 4.31. The normalized spacial score (nSPS) is 10.7. The fourth-order valence-corrected chi connectivity index (χ4v) is 4.50. The number of thiophene rings is 1. The summed E-state index contributed by atoms with van der Waals surface area (Å²) in [5.74, 6) is 1.37. The summed E-state index contributed by atoms with van der Waals surface area (Å²) in [6, 6.07) is 18.4. The van der Waals surface area contributed by atoms with E-state index in [1.54, 1.807) is 36.4 Å². The summed E-state index contributed by atoms with van der Waals surface area (Å²) in [6.45, 7) is 4.04. The first kappa shape index (κ1) is 20.9. The molecule has 0 spiro atoms. The van der Waals surface area contributed by atoms with Crippen molar-refractivity contribution in [1.82, 2.24) is 9.55 Å². The Morgan fingerprint density at radius 3 is 2.61 bits per heavy atom. The van der Waals surface area contributed by atoms with Crippen LogP contribution < -0.4 is 15.6 Å². The fraction of sp³-hybridized carbons (Fsp3) is 0.0870. The molecule has 6 nitrogen and oxygen atoms in total. The van der Waals surface area contributed by atoms with E-state index in [-0.39, 0.29) is 17.2 Å². The van der Waals surface area contributed by atoms with Crippen LogP contribution in [0.2, 0.25) is 0 Å². The number of carbonyl (C=O) groups is 1. The van der Waals surface area contributed by atoms with Crippen LogP contribution in [0.4, 0.5) is 5.69 Å². The monoisotopic (exact) mass is 449 g/mol. The number of amides is 1. The molecule has 0 aliphatic rings. The van der Waals surface area contributed by atoms with Crippen LogP contribution in [0.15, 0.2) is 88.6 Å². The average molecular weight is 450 g/mol. The molecular weight excluding hydrogens is 430 g/mol. The first-order valence-electron chi connectivity index (χ1n) is 9.48. The predicted octanol–water partition coefficient (Wildman–Crippen LogP) is 5.17. The number of para-hydroxylation sites is 1. The van der Waals surface area contributed by atoms with Crippen molar-refractivity contribution in [2.24, 2.45) is 0 Å². The summed E-state index contributed by atoms with van der Waals surface area (Å²) < 4.78 is 7.29.